The predicted octanol–water partition coefficient (Wildman–Crippen LogP) is 4.35. The number of benzene rings is 1. The van der Waals surface area contributed by atoms with Crippen LogP contribution in [0.5, 0.6) is 0 Å². The summed E-state index contributed by atoms with van der Waals surface area (Å²) < 4.78 is 0. The van der Waals surface area contributed by atoms with Crippen LogP contribution in [-0.4, -0.2) is 32.9 Å². The molecule has 1 aliphatic heterocycles. The third-order valence-electron chi connectivity index (χ3n) is 6.30. The highest BCUT2D eigenvalue weighted by atomic mass is 15.1. The van der Waals surface area contributed by atoms with Gasteiger partial charge in [0.25, 0.3) is 0 Å². The van der Waals surface area contributed by atoms with Crippen LogP contribution < -0.4 is 5.32 Å². The van der Waals surface area contributed by atoms with E-state index in [0.717, 1.165) is 36.0 Å². The molecule has 0 radical (unpaired) electrons. The van der Waals surface area contributed by atoms with Crippen LogP contribution in [0.25, 0.3) is 11.2 Å². The van der Waals surface area contributed by atoms with Gasteiger partial charge in [0, 0.05) is 30.0 Å². The fourth-order valence-corrected chi connectivity index (χ4v) is 4.87. The van der Waals surface area contributed by atoms with Crippen molar-refractivity contribution in [2.75, 3.05) is 12.4 Å². The molecule has 1 unspecified atom stereocenters. The molecule has 1 saturated carbocycles. The Morgan fingerprint density at radius 2 is 2.04 bits per heavy atom. The number of imidazole rings is 1. The zero-order valence-corrected chi connectivity index (χ0v) is 16.1. The van der Waals surface area contributed by atoms with E-state index < -0.39 is 0 Å². The second-order valence-corrected chi connectivity index (χ2v) is 8.12. The Morgan fingerprint density at radius 1 is 1.19 bits per heavy atom. The van der Waals surface area contributed by atoms with Crippen LogP contribution in [0.2, 0.25) is 0 Å². The number of hydrogen-bond acceptors (Lipinski definition) is 4. The first-order chi connectivity index (χ1) is 13.2. The summed E-state index contributed by atoms with van der Waals surface area (Å²) in [5, 5.41) is 3.74. The minimum atomic E-state index is 0.267. The number of hydrogen-bond donors (Lipinski definition) is 2. The lowest BCUT2D eigenvalue weighted by Crippen LogP contribution is -2.28. The molecule has 5 rings (SSSR count). The Balaban J connectivity index is 1.42. The number of rotatable bonds is 4. The average molecular weight is 361 g/mol. The Labute approximate surface area is 160 Å². The molecular weight excluding hydrogens is 334 g/mol. The average Bonchev–Trinajstić information content (AvgIpc) is 3.39. The number of aromatic amines is 1. The zero-order valence-electron chi connectivity index (χ0n) is 16.1. The summed E-state index contributed by atoms with van der Waals surface area (Å²) >= 11 is 0. The quantitative estimate of drug-likeness (QED) is 0.725. The van der Waals surface area contributed by atoms with Crippen molar-refractivity contribution in [2.45, 2.75) is 57.7 Å². The van der Waals surface area contributed by atoms with Crippen LogP contribution in [-0.2, 0) is 13.0 Å². The number of aryl methyl sites for hydroxylation is 1. The van der Waals surface area contributed by atoms with Crippen LogP contribution in [0, 0.1) is 6.92 Å². The number of aromatic nitrogens is 3. The lowest BCUT2D eigenvalue weighted by atomic mass is 9.98. The molecule has 2 N–H and O–H groups in total. The van der Waals surface area contributed by atoms with Crippen LogP contribution in [0.4, 0.5) is 5.69 Å². The van der Waals surface area contributed by atoms with E-state index in [1.165, 1.54) is 48.1 Å². The van der Waals surface area contributed by atoms with Gasteiger partial charge in [-0.2, -0.15) is 0 Å². The van der Waals surface area contributed by atoms with Crippen LogP contribution in [0.3, 0.4) is 0 Å². The summed E-state index contributed by atoms with van der Waals surface area (Å²) in [5.41, 5.74) is 7.33. The number of fused-ring (bicyclic) bond motifs is 2. The fourth-order valence-electron chi connectivity index (χ4n) is 4.87. The fraction of sp³-hybridized carbons (Fsp3) is 0.455. The topological polar surface area (TPSA) is 56.8 Å². The molecule has 0 amide bonds. The van der Waals surface area contributed by atoms with E-state index in [1.807, 2.05) is 13.1 Å². The second kappa shape index (κ2) is 6.64. The van der Waals surface area contributed by atoms with E-state index in [4.69, 9.17) is 0 Å². The van der Waals surface area contributed by atoms with E-state index in [9.17, 15) is 0 Å². The Hall–Kier alpha value is -2.40. The molecule has 0 saturated heterocycles. The molecule has 2 aliphatic rings. The third-order valence-corrected chi connectivity index (χ3v) is 6.30. The lowest BCUT2D eigenvalue weighted by Gasteiger charge is -2.25. The molecule has 140 valence electrons. The molecule has 1 atom stereocenters. The van der Waals surface area contributed by atoms with Crippen molar-refractivity contribution in [3.63, 3.8) is 0 Å². The molecule has 0 spiro atoms. The summed E-state index contributed by atoms with van der Waals surface area (Å²) in [6.45, 7) is 3.02. The van der Waals surface area contributed by atoms with Gasteiger partial charge in [0.05, 0.1) is 11.6 Å². The third kappa shape index (κ3) is 3.00. The molecule has 0 bridgehead atoms. The zero-order chi connectivity index (χ0) is 18.4. The molecule has 2 aromatic heterocycles. The summed E-state index contributed by atoms with van der Waals surface area (Å²) in [7, 11) is 2.29. The van der Waals surface area contributed by atoms with Crippen molar-refractivity contribution in [3.8, 4) is 0 Å². The van der Waals surface area contributed by atoms with E-state index in [0.29, 0.717) is 0 Å². The summed E-state index contributed by atoms with van der Waals surface area (Å²) in [6.07, 6.45) is 8.35. The summed E-state index contributed by atoms with van der Waals surface area (Å²) in [6, 6.07) is 9.84. The first-order valence-electron chi connectivity index (χ1n) is 10.1. The first-order valence-corrected chi connectivity index (χ1v) is 10.1. The largest absolute Gasteiger partial charge is 0.378 e. The minimum Gasteiger partial charge on any atom is -0.378 e. The molecule has 1 aromatic carbocycles. The molecular formula is C22H27N5. The predicted molar refractivity (Wildman–Crippen MR) is 109 cm³/mol. The minimum absolute atomic E-state index is 0.267. The molecule has 3 heterocycles. The van der Waals surface area contributed by atoms with E-state index in [-0.39, 0.29) is 6.04 Å². The number of nitrogens with one attached hydrogen (secondary N) is 2. The van der Waals surface area contributed by atoms with Crippen molar-refractivity contribution in [1.29, 1.82) is 0 Å². The highest BCUT2D eigenvalue weighted by Crippen LogP contribution is 2.38. The van der Waals surface area contributed by atoms with E-state index >= 15 is 0 Å². The standard InChI is InChI=1S/C22H27N5/c1-14-24-21-17(10-11-23-22(21)25-14)20-12-18-15(6-5-9-19(18)26-20)13-27(2)16-7-3-4-8-16/h5-6,9-11,16,20,26H,3-4,7-8,12-13H2,1-2H3,(H,23,24,25). The Bertz CT molecular complexity index is 970. The van der Waals surface area contributed by atoms with Gasteiger partial charge in [-0.3, -0.25) is 4.90 Å². The molecule has 5 nitrogen and oxygen atoms in total. The van der Waals surface area contributed by atoms with Crippen molar-refractivity contribution < 1.29 is 0 Å². The maximum atomic E-state index is 4.49. The van der Waals surface area contributed by atoms with E-state index in [1.54, 1.807) is 0 Å². The summed E-state index contributed by atoms with van der Waals surface area (Å²) in [4.78, 5) is 14.8. The first kappa shape index (κ1) is 16.8. The Morgan fingerprint density at radius 3 is 2.89 bits per heavy atom. The number of H-pyrrole nitrogens is 1. The highest BCUT2D eigenvalue weighted by Gasteiger charge is 2.27. The second-order valence-electron chi connectivity index (χ2n) is 8.12. The molecule has 5 heteroatoms. The van der Waals surface area contributed by atoms with Gasteiger partial charge >= 0.3 is 0 Å². The smallest absolute Gasteiger partial charge is 0.178 e. The van der Waals surface area contributed by atoms with Gasteiger partial charge in [-0.1, -0.05) is 25.0 Å². The number of anilines is 1. The van der Waals surface area contributed by atoms with E-state index in [2.05, 4.69) is 56.5 Å². The van der Waals surface area contributed by atoms with Crippen molar-refractivity contribution >= 4 is 16.9 Å². The lowest BCUT2D eigenvalue weighted by molar-refractivity contribution is 0.237. The van der Waals surface area contributed by atoms with Crippen LogP contribution >= 0.6 is 0 Å². The number of pyridine rings is 1. The number of nitrogens with zero attached hydrogens (tertiary/aromatic N) is 3. The molecule has 1 fully saturated rings. The van der Waals surface area contributed by atoms with Gasteiger partial charge in [-0.05, 0) is 56.5 Å². The normalized spacial score (nSPS) is 19.7. The molecule has 27 heavy (non-hydrogen) atoms. The van der Waals surface area contributed by atoms with Crippen molar-refractivity contribution in [2.24, 2.45) is 0 Å². The van der Waals surface area contributed by atoms with Gasteiger partial charge in [0.2, 0.25) is 0 Å². The SMILES string of the molecule is Cc1nc2nccc(C3Cc4c(CN(C)C5CCCC5)cccc4N3)c2[nH]1. The molecule has 3 aromatic rings. The molecule has 1 aliphatic carbocycles. The Kier molecular flexibility index (Phi) is 4.12. The van der Waals surface area contributed by atoms with Gasteiger partial charge in [0.15, 0.2) is 5.65 Å². The maximum absolute atomic E-state index is 4.49. The maximum Gasteiger partial charge on any atom is 0.178 e. The van der Waals surface area contributed by atoms with Gasteiger partial charge in [0.1, 0.15) is 5.82 Å². The summed E-state index contributed by atoms with van der Waals surface area (Å²) in [5.74, 6) is 0.916. The monoisotopic (exact) mass is 361 g/mol. The van der Waals surface area contributed by atoms with Crippen LogP contribution in [0.15, 0.2) is 30.5 Å². The van der Waals surface area contributed by atoms with Gasteiger partial charge in [-0.25, -0.2) is 9.97 Å². The van der Waals surface area contributed by atoms with Crippen LogP contribution in [0.1, 0.15) is 54.2 Å². The van der Waals surface area contributed by atoms with Gasteiger partial charge in [-0.15, -0.1) is 0 Å². The van der Waals surface area contributed by atoms with Crippen molar-refractivity contribution in [3.05, 3.63) is 53.0 Å². The van der Waals surface area contributed by atoms with Crippen molar-refractivity contribution in [1.82, 2.24) is 19.9 Å². The van der Waals surface area contributed by atoms with Gasteiger partial charge < -0.3 is 10.3 Å². The highest BCUT2D eigenvalue weighted by molar-refractivity contribution is 5.77.